The summed E-state index contributed by atoms with van der Waals surface area (Å²) in [6.45, 7) is 1.12. The fourth-order valence-corrected chi connectivity index (χ4v) is 2.49. The normalized spacial score (nSPS) is 14.1. The van der Waals surface area contributed by atoms with Crippen LogP contribution in [0.2, 0.25) is 0 Å². The number of carbonyl (C=O) groups is 1. The van der Waals surface area contributed by atoms with Gasteiger partial charge in [0.25, 0.3) is 5.91 Å². The van der Waals surface area contributed by atoms with E-state index < -0.39 is 23.1 Å². The van der Waals surface area contributed by atoms with E-state index in [1.54, 1.807) is 12.1 Å². The second-order valence-corrected chi connectivity index (χ2v) is 4.85. The van der Waals surface area contributed by atoms with Crippen LogP contribution in [0.4, 0.5) is 20.2 Å². The molecule has 0 aliphatic carbocycles. The van der Waals surface area contributed by atoms with Crippen LogP contribution in [0, 0.1) is 11.6 Å². The minimum absolute atomic E-state index is 0.413. The molecular weight excluding hydrogens is 274 g/mol. The minimum atomic E-state index is -0.838. The molecule has 0 saturated carbocycles. The number of anilines is 2. The summed E-state index contributed by atoms with van der Waals surface area (Å²) in [4.78, 5) is 14.0. The third kappa shape index (κ3) is 2.46. The van der Waals surface area contributed by atoms with E-state index in [9.17, 15) is 13.6 Å². The number of rotatable bonds is 1. The van der Waals surface area contributed by atoms with Gasteiger partial charge in [-0.25, -0.2) is 8.78 Å². The molecule has 2 aromatic carbocycles. The summed E-state index contributed by atoms with van der Waals surface area (Å²) in [5.74, 6) is -2.33. The molecule has 5 heteroatoms. The maximum absolute atomic E-state index is 13.8. The number of fused-ring (bicyclic) bond motifs is 1. The third-order valence-electron chi connectivity index (χ3n) is 3.49. The van der Waals surface area contributed by atoms with Crippen molar-refractivity contribution in [1.82, 2.24) is 0 Å². The van der Waals surface area contributed by atoms with Crippen molar-refractivity contribution >= 4 is 17.3 Å². The average Bonchev–Trinajstić information content (AvgIpc) is 2.69. The Balaban J connectivity index is 2.06. The van der Waals surface area contributed by atoms with Crippen molar-refractivity contribution in [3.05, 3.63) is 59.7 Å². The van der Waals surface area contributed by atoms with E-state index >= 15 is 0 Å². The summed E-state index contributed by atoms with van der Waals surface area (Å²) in [5.41, 5.74) is 0.928. The van der Waals surface area contributed by atoms with Gasteiger partial charge < -0.3 is 10.2 Å². The monoisotopic (exact) mass is 288 g/mol. The van der Waals surface area contributed by atoms with E-state index in [0.29, 0.717) is 25.2 Å². The van der Waals surface area contributed by atoms with Gasteiger partial charge in [0.2, 0.25) is 0 Å². The Hall–Kier alpha value is -2.43. The molecule has 0 spiro atoms. The molecule has 2 aromatic rings. The van der Waals surface area contributed by atoms with E-state index in [1.165, 1.54) is 11.0 Å². The molecule has 0 fully saturated rings. The number of carbonyl (C=O) groups excluding carboxylic acids is 1. The summed E-state index contributed by atoms with van der Waals surface area (Å²) in [6, 6.07) is 10.7. The van der Waals surface area contributed by atoms with Crippen molar-refractivity contribution in [2.75, 3.05) is 23.3 Å². The van der Waals surface area contributed by atoms with Crippen LogP contribution < -0.4 is 10.2 Å². The zero-order valence-corrected chi connectivity index (χ0v) is 11.3. The van der Waals surface area contributed by atoms with E-state index in [-0.39, 0.29) is 0 Å². The van der Waals surface area contributed by atoms with Crippen molar-refractivity contribution in [3.63, 3.8) is 0 Å². The highest BCUT2D eigenvalue weighted by Gasteiger charge is 2.26. The zero-order valence-electron chi connectivity index (χ0n) is 11.3. The van der Waals surface area contributed by atoms with Crippen LogP contribution in [-0.2, 0) is 0 Å². The van der Waals surface area contributed by atoms with Gasteiger partial charge in [0.15, 0.2) is 0 Å². The molecule has 1 amide bonds. The standard InChI is InChI=1S/C16H14F2N2O/c17-11-5-3-6-12(18)15(11)16(21)20-10-4-9-19-13-7-1-2-8-14(13)20/h1-3,5-8,19H,4,9-10H2. The van der Waals surface area contributed by atoms with E-state index in [1.807, 2.05) is 12.1 Å². The largest absolute Gasteiger partial charge is 0.383 e. The van der Waals surface area contributed by atoms with Crippen molar-refractivity contribution in [2.24, 2.45) is 0 Å². The van der Waals surface area contributed by atoms with Gasteiger partial charge in [-0.15, -0.1) is 0 Å². The molecule has 108 valence electrons. The molecule has 3 nitrogen and oxygen atoms in total. The van der Waals surface area contributed by atoms with Crippen molar-refractivity contribution in [3.8, 4) is 0 Å². The van der Waals surface area contributed by atoms with Crippen LogP contribution in [0.1, 0.15) is 16.8 Å². The molecule has 1 aliphatic rings. The topological polar surface area (TPSA) is 32.3 Å². The minimum Gasteiger partial charge on any atom is -0.383 e. The summed E-state index contributed by atoms with van der Waals surface area (Å²) in [6.07, 6.45) is 0.705. The highest BCUT2D eigenvalue weighted by atomic mass is 19.1. The lowest BCUT2D eigenvalue weighted by atomic mass is 10.1. The van der Waals surface area contributed by atoms with E-state index in [0.717, 1.165) is 17.8 Å². The third-order valence-corrected chi connectivity index (χ3v) is 3.49. The Morgan fingerprint density at radius 1 is 1.05 bits per heavy atom. The number of para-hydroxylation sites is 2. The molecule has 1 heterocycles. The highest BCUT2D eigenvalue weighted by Crippen LogP contribution is 2.30. The SMILES string of the molecule is O=C(c1c(F)cccc1F)N1CCCNc2ccccc21. The van der Waals surface area contributed by atoms with Gasteiger partial charge in [-0.3, -0.25) is 4.79 Å². The predicted octanol–water partition coefficient (Wildman–Crippen LogP) is 3.43. The van der Waals surface area contributed by atoms with Gasteiger partial charge in [0.05, 0.1) is 11.4 Å². The summed E-state index contributed by atoms with van der Waals surface area (Å²) >= 11 is 0. The molecule has 0 unspecified atom stereocenters. The maximum atomic E-state index is 13.8. The first-order chi connectivity index (χ1) is 10.2. The maximum Gasteiger partial charge on any atom is 0.264 e. The lowest BCUT2D eigenvalue weighted by Gasteiger charge is -2.22. The number of halogens is 2. The van der Waals surface area contributed by atoms with Crippen LogP contribution in [0.15, 0.2) is 42.5 Å². The van der Waals surface area contributed by atoms with Gasteiger partial charge in [0, 0.05) is 13.1 Å². The number of benzene rings is 2. The first-order valence-corrected chi connectivity index (χ1v) is 6.77. The van der Waals surface area contributed by atoms with Gasteiger partial charge in [-0.2, -0.15) is 0 Å². The Bertz CT molecular complexity index is 667. The number of hydrogen-bond acceptors (Lipinski definition) is 2. The zero-order chi connectivity index (χ0) is 14.8. The first-order valence-electron chi connectivity index (χ1n) is 6.77. The van der Waals surface area contributed by atoms with Gasteiger partial charge in [-0.05, 0) is 30.7 Å². The molecule has 0 radical (unpaired) electrons. The van der Waals surface area contributed by atoms with Crippen molar-refractivity contribution < 1.29 is 13.6 Å². The number of hydrogen-bond donors (Lipinski definition) is 1. The molecule has 0 aromatic heterocycles. The van der Waals surface area contributed by atoms with Crippen LogP contribution >= 0.6 is 0 Å². The average molecular weight is 288 g/mol. The Kier molecular flexibility index (Phi) is 3.56. The molecule has 0 saturated heterocycles. The van der Waals surface area contributed by atoms with Gasteiger partial charge in [-0.1, -0.05) is 18.2 Å². The fourth-order valence-electron chi connectivity index (χ4n) is 2.49. The molecule has 3 rings (SSSR count). The molecule has 0 atom stereocenters. The summed E-state index contributed by atoms with van der Waals surface area (Å²) < 4.78 is 27.7. The van der Waals surface area contributed by atoms with Crippen LogP contribution in [0.5, 0.6) is 0 Å². The van der Waals surface area contributed by atoms with Crippen LogP contribution in [0.25, 0.3) is 0 Å². The Morgan fingerprint density at radius 2 is 1.76 bits per heavy atom. The van der Waals surface area contributed by atoms with Gasteiger partial charge in [0.1, 0.15) is 17.2 Å². The Morgan fingerprint density at radius 3 is 2.52 bits per heavy atom. The predicted molar refractivity (Wildman–Crippen MR) is 77.6 cm³/mol. The quantitative estimate of drug-likeness (QED) is 0.872. The smallest absolute Gasteiger partial charge is 0.264 e. The fraction of sp³-hybridized carbons (Fsp3) is 0.188. The summed E-state index contributed by atoms with van der Waals surface area (Å²) in [5, 5.41) is 3.21. The van der Waals surface area contributed by atoms with Crippen molar-refractivity contribution in [2.45, 2.75) is 6.42 Å². The van der Waals surface area contributed by atoms with E-state index in [2.05, 4.69) is 5.32 Å². The van der Waals surface area contributed by atoms with Crippen LogP contribution in [0.3, 0.4) is 0 Å². The van der Waals surface area contributed by atoms with E-state index in [4.69, 9.17) is 0 Å². The molecular formula is C16H14F2N2O. The molecule has 1 aliphatic heterocycles. The lowest BCUT2D eigenvalue weighted by molar-refractivity contribution is 0.0979. The van der Waals surface area contributed by atoms with Gasteiger partial charge >= 0.3 is 0 Å². The first kappa shape index (κ1) is 13.5. The summed E-state index contributed by atoms with van der Waals surface area (Å²) in [7, 11) is 0. The van der Waals surface area contributed by atoms with Crippen molar-refractivity contribution in [1.29, 1.82) is 0 Å². The number of nitrogens with zero attached hydrogens (tertiary/aromatic N) is 1. The second kappa shape index (κ2) is 5.52. The molecule has 21 heavy (non-hydrogen) atoms. The van der Waals surface area contributed by atoms with Crippen LogP contribution in [-0.4, -0.2) is 19.0 Å². The second-order valence-electron chi connectivity index (χ2n) is 4.85. The number of amides is 1. The Labute approximate surface area is 121 Å². The highest BCUT2D eigenvalue weighted by molar-refractivity contribution is 6.08. The number of nitrogens with one attached hydrogen (secondary N) is 1. The lowest BCUT2D eigenvalue weighted by Crippen LogP contribution is -2.33. The molecule has 1 N–H and O–H groups in total. The molecule has 0 bridgehead atoms.